The molecule has 0 fully saturated rings. The third-order valence-electron chi connectivity index (χ3n) is 6.16. The molecule has 0 aliphatic rings. The highest BCUT2D eigenvalue weighted by atomic mass is 32.2. The smallest absolute Gasteiger partial charge is 0.326 e. The molecule has 3 aromatic rings. The zero-order valence-corrected chi connectivity index (χ0v) is 24.5. The highest BCUT2D eigenvalue weighted by Gasteiger charge is 2.24. The molecular weight excluding hydrogens is 522 g/mol. The zero-order valence-electron chi connectivity index (χ0n) is 22.8. The molecule has 0 aliphatic carbocycles. The van der Waals surface area contributed by atoms with Crippen LogP contribution in [0.1, 0.15) is 67.9 Å². The van der Waals surface area contributed by atoms with Crippen molar-refractivity contribution in [2.75, 3.05) is 19.7 Å². The van der Waals surface area contributed by atoms with E-state index in [4.69, 9.17) is 4.74 Å². The molecule has 0 radical (unpaired) electrons. The van der Waals surface area contributed by atoms with Gasteiger partial charge in [-0.25, -0.2) is 8.42 Å². The molecule has 38 heavy (non-hydrogen) atoms. The van der Waals surface area contributed by atoms with E-state index in [1.54, 1.807) is 11.5 Å². The van der Waals surface area contributed by atoms with Gasteiger partial charge in [0.2, 0.25) is 10.0 Å². The summed E-state index contributed by atoms with van der Waals surface area (Å²) in [5.74, 6) is -0.923. The summed E-state index contributed by atoms with van der Waals surface area (Å²) in [4.78, 5) is 30.3. The maximum Gasteiger partial charge on any atom is 0.326 e. The van der Waals surface area contributed by atoms with Crippen LogP contribution in [-0.4, -0.2) is 48.9 Å². The van der Waals surface area contributed by atoms with Gasteiger partial charge < -0.3 is 9.30 Å². The van der Waals surface area contributed by atoms with Gasteiger partial charge in [-0.1, -0.05) is 44.1 Å². The summed E-state index contributed by atoms with van der Waals surface area (Å²) in [6.45, 7) is 10.9. The van der Waals surface area contributed by atoms with Crippen LogP contribution >= 0.6 is 11.3 Å². The SMILES string of the molecule is CCCCN(CCCC)S(=O)(=O)c1ccc(C(=O)N=c2sc3cc(C)cc(C)c3n2CC(=O)OCC)cc1. The number of amides is 1. The predicted molar refractivity (Wildman–Crippen MR) is 151 cm³/mol. The van der Waals surface area contributed by atoms with E-state index in [0.717, 1.165) is 47.0 Å². The Morgan fingerprint density at radius 1 is 1.00 bits per heavy atom. The van der Waals surface area contributed by atoms with Crippen molar-refractivity contribution < 1.29 is 22.7 Å². The number of hydrogen-bond donors (Lipinski definition) is 0. The van der Waals surface area contributed by atoms with E-state index in [-0.39, 0.29) is 23.6 Å². The number of hydrogen-bond acceptors (Lipinski definition) is 6. The van der Waals surface area contributed by atoms with Gasteiger partial charge in [0.25, 0.3) is 5.91 Å². The highest BCUT2D eigenvalue weighted by Crippen LogP contribution is 2.24. The van der Waals surface area contributed by atoms with Gasteiger partial charge in [0.05, 0.1) is 21.7 Å². The average molecular weight is 560 g/mol. The van der Waals surface area contributed by atoms with Crippen LogP contribution in [0.3, 0.4) is 0 Å². The Kier molecular flexibility index (Phi) is 10.4. The van der Waals surface area contributed by atoms with Crippen molar-refractivity contribution >= 4 is 43.5 Å². The molecule has 0 saturated carbocycles. The van der Waals surface area contributed by atoms with E-state index in [9.17, 15) is 18.0 Å². The molecule has 0 atom stereocenters. The fraction of sp³-hybridized carbons (Fsp3) is 0.464. The summed E-state index contributed by atoms with van der Waals surface area (Å²) in [6, 6.07) is 9.94. The van der Waals surface area contributed by atoms with Crippen molar-refractivity contribution in [1.82, 2.24) is 8.87 Å². The van der Waals surface area contributed by atoms with Gasteiger partial charge in [0.15, 0.2) is 4.80 Å². The van der Waals surface area contributed by atoms with Crippen molar-refractivity contribution in [3.8, 4) is 0 Å². The van der Waals surface area contributed by atoms with E-state index in [1.807, 2.05) is 39.8 Å². The molecule has 0 bridgehead atoms. The highest BCUT2D eigenvalue weighted by molar-refractivity contribution is 7.89. The molecule has 3 rings (SSSR count). The van der Waals surface area contributed by atoms with Crippen LogP contribution in [0.15, 0.2) is 46.3 Å². The monoisotopic (exact) mass is 559 g/mol. The maximum atomic E-state index is 13.2. The normalized spacial score (nSPS) is 12.4. The topological polar surface area (TPSA) is 98.0 Å². The summed E-state index contributed by atoms with van der Waals surface area (Å²) in [5.41, 5.74) is 3.15. The van der Waals surface area contributed by atoms with E-state index < -0.39 is 21.9 Å². The quantitative estimate of drug-likeness (QED) is 0.284. The van der Waals surface area contributed by atoms with Gasteiger partial charge in [-0.15, -0.1) is 0 Å². The second-order valence-corrected chi connectivity index (χ2v) is 12.2. The number of carbonyl (C=O) groups is 2. The number of esters is 1. The molecule has 10 heteroatoms. The zero-order chi connectivity index (χ0) is 27.9. The summed E-state index contributed by atoms with van der Waals surface area (Å²) >= 11 is 1.33. The Morgan fingerprint density at radius 3 is 2.21 bits per heavy atom. The molecule has 0 aliphatic heterocycles. The lowest BCUT2D eigenvalue weighted by atomic mass is 10.1. The number of aryl methyl sites for hydroxylation is 2. The minimum atomic E-state index is -3.66. The first kappa shape index (κ1) is 29.7. The molecule has 1 heterocycles. The van der Waals surface area contributed by atoms with Crippen molar-refractivity contribution in [3.05, 3.63) is 57.9 Å². The summed E-state index contributed by atoms with van der Waals surface area (Å²) in [6.07, 6.45) is 3.39. The van der Waals surface area contributed by atoms with Gasteiger partial charge in [-0.05, 0) is 75.1 Å². The van der Waals surface area contributed by atoms with Crippen molar-refractivity contribution in [2.24, 2.45) is 4.99 Å². The van der Waals surface area contributed by atoms with Crippen molar-refractivity contribution in [2.45, 2.75) is 71.7 Å². The number of sulfonamides is 1. The number of unbranched alkanes of at least 4 members (excludes halogenated alkanes) is 2. The molecule has 0 spiro atoms. The molecule has 8 nitrogen and oxygen atoms in total. The Balaban J connectivity index is 1.97. The van der Waals surface area contributed by atoms with Crippen LogP contribution in [0.25, 0.3) is 10.2 Å². The van der Waals surface area contributed by atoms with Gasteiger partial charge in [-0.3, -0.25) is 9.59 Å². The van der Waals surface area contributed by atoms with Gasteiger partial charge >= 0.3 is 5.97 Å². The number of ether oxygens (including phenoxy) is 1. The second kappa shape index (κ2) is 13.3. The molecule has 0 N–H and O–H groups in total. The van der Waals surface area contributed by atoms with Crippen LogP contribution in [-0.2, 0) is 26.1 Å². The van der Waals surface area contributed by atoms with E-state index >= 15 is 0 Å². The largest absolute Gasteiger partial charge is 0.465 e. The summed E-state index contributed by atoms with van der Waals surface area (Å²) in [7, 11) is -3.66. The number of nitrogens with zero attached hydrogens (tertiary/aromatic N) is 3. The first-order valence-corrected chi connectivity index (χ1v) is 15.3. The van der Waals surface area contributed by atoms with Crippen LogP contribution < -0.4 is 4.80 Å². The molecular formula is C28H37N3O5S2. The van der Waals surface area contributed by atoms with Gasteiger partial charge in [0.1, 0.15) is 6.54 Å². The third kappa shape index (κ3) is 6.98. The Bertz CT molecular complexity index is 1450. The molecule has 206 valence electrons. The van der Waals surface area contributed by atoms with Crippen LogP contribution in [0.2, 0.25) is 0 Å². The first-order chi connectivity index (χ1) is 18.1. The second-order valence-electron chi connectivity index (χ2n) is 9.26. The maximum absolute atomic E-state index is 13.2. The van der Waals surface area contributed by atoms with Crippen LogP contribution in [0.4, 0.5) is 0 Å². The predicted octanol–water partition coefficient (Wildman–Crippen LogP) is 5.21. The Labute approximate surface area is 229 Å². The summed E-state index contributed by atoms with van der Waals surface area (Å²) < 4.78 is 35.8. The molecule has 1 amide bonds. The number of carbonyl (C=O) groups excluding carboxylic acids is 2. The molecule has 1 aromatic heterocycles. The fourth-order valence-corrected chi connectivity index (χ4v) is 6.97. The van der Waals surface area contributed by atoms with Crippen LogP contribution in [0, 0.1) is 13.8 Å². The lowest BCUT2D eigenvalue weighted by molar-refractivity contribution is -0.143. The number of aromatic nitrogens is 1. The number of fused-ring (bicyclic) bond motifs is 1. The number of thiazole rings is 1. The molecule has 2 aromatic carbocycles. The Morgan fingerprint density at radius 2 is 1.63 bits per heavy atom. The van der Waals surface area contributed by atoms with Gasteiger partial charge in [0, 0.05) is 18.7 Å². The standard InChI is InChI=1S/C28H37N3O5S2/c1-6-9-15-30(16-10-7-2)38(34,35)23-13-11-22(12-14-23)27(33)29-28-31(19-25(32)36-8-3)26-21(5)17-20(4)18-24(26)37-28/h11-14,17-18H,6-10,15-16,19H2,1-5H3. The van der Waals surface area contributed by atoms with Crippen LogP contribution in [0.5, 0.6) is 0 Å². The fourth-order valence-electron chi connectivity index (χ4n) is 4.25. The molecule has 0 saturated heterocycles. The van der Waals surface area contributed by atoms with E-state index in [0.29, 0.717) is 17.9 Å². The first-order valence-electron chi connectivity index (χ1n) is 13.1. The van der Waals surface area contributed by atoms with E-state index in [1.165, 1.54) is 39.9 Å². The lowest BCUT2D eigenvalue weighted by Gasteiger charge is -2.22. The number of rotatable bonds is 12. The summed E-state index contributed by atoms with van der Waals surface area (Å²) in [5, 5.41) is 0. The minimum Gasteiger partial charge on any atom is -0.465 e. The third-order valence-corrected chi connectivity index (χ3v) is 9.10. The van der Waals surface area contributed by atoms with Crippen molar-refractivity contribution in [1.29, 1.82) is 0 Å². The number of benzene rings is 2. The lowest BCUT2D eigenvalue weighted by Crippen LogP contribution is -2.33. The minimum absolute atomic E-state index is 0.0631. The Hall–Kier alpha value is -2.82. The van der Waals surface area contributed by atoms with Crippen molar-refractivity contribution in [3.63, 3.8) is 0 Å². The average Bonchev–Trinajstić information content (AvgIpc) is 3.20. The van der Waals surface area contributed by atoms with Gasteiger partial charge in [-0.2, -0.15) is 9.30 Å². The van der Waals surface area contributed by atoms with E-state index in [2.05, 4.69) is 4.99 Å². The molecule has 0 unspecified atom stereocenters.